The highest BCUT2D eigenvalue weighted by Crippen LogP contribution is 2.03. The Balaban J connectivity index is 2.48. The van der Waals surface area contributed by atoms with Crippen LogP contribution in [0.3, 0.4) is 0 Å². The SMILES string of the molecule is C/C=C/CN(CC)Cc1ccccc1. The van der Waals surface area contributed by atoms with Gasteiger partial charge < -0.3 is 0 Å². The van der Waals surface area contributed by atoms with Crippen molar-refractivity contribution in [1.82, 2.24) is 4.90 Å². The van der Waals surface area contributed by atoms with Gasteiger partial charge in [0.25, 0.3) is 0 Å². The van der Waals surface area contributed by atoms with Gasteiger partial charge in [0.2, 0.25) is 0 Å². The lowest BCUT2D eigenvalue weighted by atomic mass is 10.2. The van der Waals surface area contributed by atoms with Crippen molar-refractivity contribution in [3.63, 3.8) is 0 Å². The number of hydrogen-bond donors (Lipinski definition) is 0. The molecule has 0 saturated heterocycles. The summed E-state index contributed by atoms with van der Waals surface area (Å²) in [6.07, 6.45) is 4.31. The summed E-state index contributed by atoms with van der Waals surface area (Å²) in [6, 6.07) is 10.6. The third-order valence-corrected chi connectivity index (χ3v) is 2.30. The highest BCUT2D eigenvalue weighted by molar-refractivity contribution is 5.14. The predicted molar refractivity (Wildman–Crippen MR) is 62.2 cm³/mol. The summed E-state index contributed by atoms with van der Waals surface area (Å²) >= 11 is 0. The van der Waals surface area contributed by atoms with Crippen molar-refractivity contribution in [2.45, 2.75) is 20.4 Å². The lowest BCUT2D eigenvalue weighted by Crippen LogP contribution is -2.22. The molecule has 0 atom stereocenters. The molecule has 14 heavy (non-hydrogen) atoms. The van der Waals surface area contributed by atoms with Crippen molar-refractivity contribution >= 4 is 0 Å². The standard InChI is InChI=1S/C13H19N/c1-3-5-11-14(4-2)12-13-9-7-6-8-10-13/h3,5-10H,4,11-12H2,1-2H3/b5-3+. The van der Waals surface area contributed by atoms with E-state index in [1.54, 1.807) is 0 Å². The van der Waals surface area contributed by atoms with Gasteiger partial charge in [-0.25, -0.2) is 0 Å². The van der Waals surface area contributed by atoms with Crippen LogP contribution in [0.2, 0.25) is 0 Å². The Morgan fingerprint density at radius 2 is 1.93 bits per heavy atom. The van der Waals surface area contributed by atoms with Crippen LogP contribution in [0.15, 0.2) is 42.5 Å². The van der Waals surface area contributed by atoms with Crippen molar-refractivity contribution < 1.29 is 0 Å². The van der Waals surface area contributed by atoms with Crippen molar-refractivity contribution in [3.05, 3.63) is 48.0 Å². The van der Waals surface area contributed by atoms with E-state index in [0.29, 0.717) is 0 Å². The third kappa shape index (κ3) is 3.75. The van der Waals surface area contributed by atoms with E-state index in [-0.39, 0.29) is 0 Å². The van der Waals surface area contributed by atoms with Gasteiger partial charge in [0, 0.05) is 13.1 Å². The van der Waals surface area contributed by atoms with Gasteiger partial charge in [0.1, 0.15) is 0 Å². The lowest BCUT2D eigenvalue weighted by molar-refractivity contribution is 0.311. The summed E-state index contributed by atoms with van der Waals surface area (Å²) in [6.45, 7) is 7.45. The van der Waals surface area contributed by atoms with Gasteiger partial charge in [-0.3, -0.25) is 4.90 Å². The topological polar surface area (TPSA) is 3.24 Å². The summed E-state index contributed by atoms with van der Waals surface area (Å²) in [5.74, 6) is 0. The fraction of sp³-hybridized carbons (Fsp3) is 0.385. The minimum Gasteiger partial charge on any atom is -0.296 e. The fourth-order valence-corrected chi connectivity index (χ4v) is 1.40. The Bertz CT molecular complexity index is 264. The monoisotopic (exact) mass is 189 g/mol. The molecule has 0 aromatic heterocycles. The molecule has 0 amide bonds. The number of rotatable bonds is 5. The van der Waals surface area contributed by atoms with Crippen molar-refractivity contribution in [2.75, 3.05) is 13.1 Å². The maximum Gasteiger partial charge on any atom is 0.0236 e. The van der Waals surface area contributed by atoms with Crippen LogP contribution in [0.25, 0.3) is 0 Å². The molecule has 1 rings (SSSR count). The molecule has 0 radical (unpaired) electrons. The molecule has 1 heteroatoms. The lowest BCUT2D eigenvalue weighted by Gasteiger charge is -2.18. The van der Waals surface area contributed by atoms with E-state index in [4.69, 9.17) is 0 Å². The van der Waals surface area contributed by atoms with Crippen molar-refractivity contribution in [1.29, 1.82) is 0 Å². The van der Waals surface area contributed by atoms with Gasteiger partial charge in [-0.1, -0.05) is 49.4 Å². The number of benzene rings is 1. The van der Waals surface area contributed by atoms with Gasteiger partial charge in [-0.2, -0.15) is 0 Å². The van der Waals surface area contributed by atoms with E-state index in [1.807, 2.05) is 0 Å². The Labute approximate surface area is 87.1 Å². The summed E-state index contributed by atoms with van der Waals surface area (Å²) in [5.41, 5.74) is 1.39. The molecule has 0 fully saturated rings. The highest BCUT2D eigenvalue weighted by atomic mass is 15.1. The van der Waals surface area contributed by atoms with E-state index in [9.17, 15) is 0 Å². The number of likely N-dealkylation sites (N-methyl/N-ethyl adjacent to an activating group) is 1. The van der Waals surface area contributed by atoms with Crippen molar-refractivity contribution in [2.24, 2.45) is 0 Å². The first-order valence-corrected chi connectivity index (χ1v) is 5.24. The molecule has 1 aromatic carbocycles. The molecule has 0 aliphatic carbocycles. The second-order valence-corrected chi connectivity index (χ2v) is 3.38. The summed E-state index contributed by atoms with van der Waals surface area (Å²) in [5, 5.41) is 0. The van der Waals surface area contributed by atoms with Crippen LogP contribution in [0, 0.1) is 0 Å². The Morgan fingerprint density at radius 1 is 1.21 bits per heavy atom. The van der Waals surface area contributed by atoms with Gasteiger partial charge in [-0.15, -0.1) is 0 Å². The Kier molecular flexibility index (Phi) is 5.02. The normalized spacial score (nSPS) is 11.4. The maximum absolute atomic E-state index is 2.41. The highest BCUT2D eigenvalue weighted by Gasteiger charge is 1.99. The van der Waals surface area contributed by atoms with Crippen LogP contribution < -0.4 is 0 Å². The number of hydrogen-bond acceptors (Lipinski definition) is 1. The molecule has 0 aliphatic rings. The first-order chi connectivity index (χ1) is 6.86. The first-order valence-electron chi connectivity index (χ1n) is 5.24. The molecule has 0 spiro atoms. The van der Waals surface area contributed by atoms with Crippen LogP contribution in [0.1, 0.15) is 19.4 Å². The number of nitrogens with zero attached hydrogens (tertiary/aromatic N) is 1. The minimum atomic E-state index is 1.04. The van der Waals surface area contributed by atoms with Crippen LogP contribution in [0.5, 0.6) is 0 Å². The summed E-state index contributed by atoms with van der Waals surface area (Å²) < 4.78 is 0. The summed E-state index contributed by atoms with van der Waals surface area (Å²) in [4.78, 5) is 2.41. The van der Waals surface area contributed by atoms with E-state index >= 15 is 0 Å². The van der Waals surface area contributed by atoms with Gasteiger partial charge in [0.15, 0.2) is 0 Å². The zero-order valence-electron chi connectivity index (χ0n) is 9.11. The zero-order valence-corrected chi connectivity index (χ0v) is 9.11. The Hall–Kier alpha value is -1.08. The second kappa shape index (κ2) is 6.39. The minimum absolute atomic E-state index is 1.04. The van der Waals surface area contributed by atoms with E-state index < -0.39 is 0 Å². The average Bonchev–Trinajstić information content (AvgIpc) is 2.25. The molecule has 1 aromatic rings. The molecule has 0 saturated carbocycles. The number of allylic oxidation sites excluding steroid dienone is 1. The zero-order chi connectivity index (χ0) is 10.2. The largest absolute Gasteiger partial charge is 0.296 e. The third-order valence-electron chi connectivity index (χ3n) is 2.30. The van der Waals surface area contributed by atoms with Crippen LogP contribution in [0.4, 0.5) is 0 Å². The second-order valence-electron chi connectivity index (χ2n) is 3.38. The molecule has 1 nitrogen and oxygen atoms in total. The van der Waals surface area contributed by atoms with Crippen LogP contribution >= 0.6 is 0 Å². The maximum atomic E-state index is 2.41. The van der Waals surface area contributed by atoms with Gasteiger partial charge in [0.05, 0.1) is 0 Å². The molecule has 0 aliphatic heterocycles. The van der Waals surface area contributed by atoms with E-state index in [1.165, 1.54) is 5.56 Å². The molecular formula is C13H19N. The molecule has 0 N–H and O–H groups in total. The molecular weight excluding hydrogens is 170 g/mol. The quantitative estimate of drug-likeness (QED) is 0.643. The molecule has 0 unspecified atom stereocenters. The fourth-order valence-electron chi connectivity index (χ4n) is 1.40. The molecule has 0 bridgehead atoms. The smallest absolute Gasteiger partial charge is 0.0236 e. The molecule has 76 valence electrons. The Morgan fingerprint density at radius 3 is 2.50 bits per heavy atom. The molecule has 0 heterocycles. The van der Waals surface area contributed by atoms with Crippen LogP contribution in [-0.4, -0.2) is 18.0 Å². The first kappa shape index (κ1) is 11.0. The van der Waals surface area contributed by atoms with Crippen LogP contribution in [-0.2, 0) is 6.54 Å². The predicted octanol–water partition coefficient (Wildman–Crippen LogP) is 3.08. The average molecular weight is 189 g/mol. The van der Waals surface area contributed by atoms with Gasteiger partial charge >= 0.3 is 0 Å². The van der Waals surface area contributed by atoms with Gasteiger partial charge in [-0.05, 0) is 19.0 Å². The van der Waals surface area contributed by atoms with E-state index in [2.05, 4.69) is 61.2 Å². The van der Waals surface area contributed by atoms with E-state index in [0.717, 1.165) is 19.6 Å². The van der Waals surface area contributed by atoms with Crippen molar-refractivity contribution in [3.8, 4) is 0 Å². The summed E-state index contributed by atoms with van der Waals surface area (Å²) in [7, 11) is 0.